The lowest BCUT2D eigenvalue weighted by Crippen LogP contribution is -2.21. The predicted octanol–water partition coefficient (Wildman–Crippen LogP) is 3.95. The molecule has 2 aromatic carbocycles. The van der Waals surface area contributed by atoms with Gasteiger partial charge in [0.15, 0.2) is 10.9 Å². The Bertz CT molecular complexity index is 1150. The number of fused-ring (bicyclic) bond motifs is 1. The molecule has 0 atom stereocenters. The molecule has 4 rings (SSSR count). The third kappa shape index (κ3) is 4.60. The van der Waals surface area contributed by atoms with Crippen LogP contribution in [0.5, 0.6) is 5.75 Å². The molecule has 0 aliphatic carbocycles. The van der Waals surface area contributed by atoms with Crippen LogP contribution in [0.4, 0.5) is 5.69 Å². The van der Waals surface area contributed by atoms with Gasteiger partial charge in [-0.15, -0.1) is 0 Å². The first-order valence-corrected chi connectivity index (χ1v) is 9.49. The van der Waals surface area contributed by atoms with Crippen LogP contribution in [0.15, 0.2) is 70.2 Å². The van der Waals surface area contributed by atoms with Gasteiger partial charge in [-0.3, -0.25) is 4.79 Å². The Morgan fingerprint density at radius 1 is 1.14 bits per heavy atom. The molecule has 1 aliphatic rings. The van der Waals surface area contributed by atoms with E-state index in [-0.39, 0.29) is 5.91 Å². The zero-order valence-electron chi connectivity index (χ0n) is 16.7. The number of hydrogen-bond acceptors (Lipinski definition) is 5. The van der Waals surface area contributed by atoms with Crippen molar-refractivity contribution in [1.82, 2.24) is 4.98 Å². The third-order valence-corrected chi connectivity index (χ3v) is 4.10. The molecule has 0 radical (unpaired) electrons. The Hall–Kier alpha value is -3.67. The fourth-order valence-corrected chi connectivity index (χ4v) is 2.79. The minimum absolute atomic E-state index is 0.249. The first kappa shape index (κ1) is 20.1. The molecule has 2 heterocycles. The van der Waals surface area contributed by atoms with E-state index in [1.54, 1.807) is 24.4 Å². The summed E-state index contributed by atoms with van der Waals surface area (Å²) in [6.45, 7) is 4.00. The molecule has 29 heavy (non-hydrogen) atoms. The summed E-state index contributed by atoms with van der Waals surface area (Å²) >= 11 is 0. The summed E-state index contributed by atoms with van der Waals surface area (Å²) in [4.78, 5) is 21.3. The smallest absolute Gasteiger partial charge is 0.259 e. The van der Waals surface area contributed by atoms with Gasteiger partial charge in [0.05, 0.1) is 12.7 Å². The van der Waals surface area contributed by atoms with Gasteiger partial charge in [0.1, 0.15) is 5.75 Å². The van der Waals surface area contributed by atoms with Gasteiger partial charge in [-0.25, -0.2) is 4.99 Å². The molecule has 6 nitrogen and oxygen atoms in total. The number of methoxy groups -OCH3 is 1. The van der Waals surface area contributed by atoms with Crippen LogP contribution in [-0.4, -0.2) is 18.0 Å². The normalized spacial score (nSPS) is 11.7. The van der Waals surface area contributed by atoms with Crippen molar-refractivity contribution < 1.29 is 13.9 Å². The quantitative estimate of drug-likeness (QED) is 0.733. The number of nitrogens with zero attached hydrogens (tertiary/aromatic N) is 2. The molecule has 0 unspecified atom stereocenters. The number of anilines is 1. The van der Waals surface area contributed by atoms with Crippen LogP contribution in [0.25, 0.3) is 17.5 Å². The number of oxazole rings is 1. The molecule has 1 amide bonds. The second-order valence-corrected chi connectivity index (χ2v) is 5.90. The first-order chi connectivity index (χ1) is 14.2. The minimum Gasteiger partial charge on any atom is -0.496 e. The van der Waals surface area contributed by atoms with Crippen LogP contribution < -0.4 is 21.0 Å². The Morgan fingerprint density at radius 2 is 1.97 bits per heavy atom. The van der Waals surface area contributed by atoms with E-state index < -0.39 is 0 Å². The number of carbonyl (C=O) groups is 1. The van der Waals surface area contributed by atoms with Crippen molar-refractivity contribution in [3.8, 4) is 17.2 Å². The van der Waals surface area contributed by atoms with Crippen LogP contribution in [-0.2, 0) is 0 Å². The highest BCUT2D eigenvalue weighted by atomic mass is 16.5. The number of hydrogen-bond donors (Lipinski definition) is 1. The van der Waals surface area contributed by atoms with Crippen molar-refractivity contribution in [2.45, 2.75) is 20.3 Å². The number of carbonyl (C=O) groups excluding carboxylic acids is 1. The van der Waals surface area contributed by atoms with Gasteiger partial charge in [-0.1, -0.05) is 38.1 Å². The summed E-state index contributed by atoms with van der Waals surface area (Å²) in [5, 5.41) is 2.88. The van der Waals surface area contributed by atoms with Crippen molar-refractivity contribution in [3.63, 3.8) is 0 Å². The van der Waals surface area contributed by atoms with Crippen LogP contribution >= 0.6 is 0 Å². The summed E-state index contributed by atoms with van der Waals surface area (Å²) in [6.07, 6.45) is 6.34. The summed E-state index contributed by atoms with van der Waals surface area (Å²) in [7, 11) is 1.54. The van der Waals surface area contributed by atoms with Gasteiger partial charge in [0.25, 0.3) is 5.91 Å². The average molecular weight is 389 g/mol. The highest BCUT2D eigenvalue weighted by Gasteiger charge is 2.13. The van der Waals surface area contributed by atoms with E-state index in [4.69, 9.17) is 9.15 Å². The molecule has 6 heteroatoms. The van der Waals surface area contributed by atoms with Gasteiger partial charge >= 0.3 is 0 Å². The highest BCUT2D eigenvalue weighted by Crippen LogP contribution is 2.22. The lowest BCUT2D eigenvalue weighted by Gasteiger charge is -2.09. The molecule has 1 N–H and O–H groups in total. The van der Waals surface area contributed by atoms with Crippen molar-refractivity contribution >= 4 is 17.7 Å². The van der Waals surface area contributed by atoms with Crippen molar-refractivity contribution in [1.29, 1.82) is 0 Å². The molecular formula is C23H23N3O3. The number of ether oxygens (including phenoxy) is 1. The molecule has 1 aliphatic heterocycles. The van der Waals surface area contributed by atoms with E-state index in [0.29, 0.717) is 33.8 Å². The zero-order chi connectivity index (χ0) is 20.6. The summed E-state index contributed by atoms with van der Waals surface area (Å²) in [6, 6.07) is 14.4. The monoisotopic (exact) mass is 389 g/mol. The second-order valence-electron chi connectivity index (χ2n) is 5.90. The molecule has 148 valence electrons. The maximum Gasteiger partial charge on any atom is 0.259 e. The number of para-hydroxylation sites is 1. The predicted molar refractivity (Wildman–Crippen MR) is 113 cm³/mol. The topological polar surface area (TPSA) is 76.7 Å². The fourth-order valence-electron chi connectivity index (χ4n) is 2.79. The highest BCUT2D eigenvalue weighted by molar-refractivity contribution is 6.06. The summed E-state index contributed by atoms with van der Waals surface area (Å²) in [5.74, 6) is 0.734. The molecule has 0 saturated heterocycles. The number of aromatic nitrogens is 1. The minimum atomic E-state index is -0.249. The Labute approximate surface area is 169 Å². The number of rotatable bonds is 4. The van der Waals surface area contributed by atoms with E-state index >= 15 is 0 Å². The Morgan fingerprint density at radius 3 is 2.79 bits per heavy atom. The molecule has 3 aromatic rings. The Balaban J connectivity index is 0.00000117. The van der Waals surface area contributed by atoms with Crippen molar-refractivity contribution in [3.05, 3.63) is 77.3 Å². The van der Waals surface area contributed by atoms with E-state index in [2.05, 4.69) is 15.3 Å². The lowest BCUT2D eigenvalue weighted by molar-refractivity contribution is 0.102. The first-order valence-electron chi connectivity index (χ1n) is 9.49. The molecule has 0 spiro atoms. The van der Waals surface area contributed by atoms with Gasteiger partial charge < -0.3 is 14.5 Å². The number of allylic oxidation sites excluding steroid dienone is 1. The molecule has 0 saturated carbocycles. The maximum absolute atomic E-state index is 12.6. The number of benzene rings is 2. The third-order valence-electron chi connectivity index (χ3n) is 4.10. The van der Waals surface area contributed by atoms with Gasteiger partial charge in [-0.05, 0) is 42.8 Å². The SMILES string of the molecule is CC.COc1ccccc1C(=O)Nc1cccc(-c2nc3c(o2)=CCC=CN=3)c1. The molecule has 0 bridgehead atoms. The van der Waals surface area contributed by atoms with E-state index in [9.17, 15) is 4.79 Å². The van der Waals surface area contributed by atoms with E-state index in [1.807, 2.05) is 56.3 Å². The van der Waals surface area contributed by atoms with Crippen LogP contribution in [0.1, 0.15) is 30.6 Å². The standard InChI is InChI=1S/C21H17N3O3.C2H6/c1-26-17-10-3-2-9-16(17)20(25)23-15-8-6-7-14(13-15)21-24-19-18(27-21)11-4-5-12-22-19;1-2/h2-3,5-13H,4H2,1H3,(H,23,25);1-2H3. The molecule has 0 fully saturated rings. The summed E-state index contributed by atoms with van der Waals surface area (Å²) in [5.41, 5.74) is 3.07. The van der Waals surface area contributed by atoms with Gasteiger partial charge in [-0.2, -0.15) is 4.98 Å². The molecule has 1 aromatic heterocycles. The number of amides is 1. The Kier molecular flexibility index (Phi) is 6.58. The van der Waals surface area contributed by atoms with Gasteiger partial charge in [0.2, 0.25) is 5.89 Å². The molecular weight excluding hydrogens is 366 g/mol. The zero-order valence-corrected chi connectivity index (χ0v) is 16.7. The van der Waals surface area contributed by atoms with Crippen LogP contribution in [0, 0.1) is 0 Å². The van der Waals surface area contributed by atoms with Crippen molar-refractivity contribution in [2.75, 3.05) is 12.4 Å². The fraction of sp³-hybridized carbons (Fsp3) is 0.174. The van der Waals surface area contributed by atoms with Crippen molar-refractivity contribution in [2.24, 2.45) is 4.99 Å². The van der Waals surface area contributed by atoms with Crippen LogP contribution in [0.3, 0.4) is 0 Å². The van der Waals surface area contributed by atoms with E-state index in [1.165, 1.54) is 7.11 Å². The van der Waals surface area contributed by atoms with Crippen LogP contribution in [0.2, 0.25) is 0 Å². The van der Waals surface area contributed by atoms with Gasteiger partial charge in [0, 0.05) is 17.5 Å². The summed E-state index contributed by atoms with van der Waals surface area (Å²) < 4.78 is 11.1. The average Bonchev–Trinajstić information content (AvgIpc) is 3.05. The number of nitrogens with one attached hydrogen (secondary N) is 1. The van der Waals surface area contributed by atoms with E-state index in [0.717, 1.165) is 12.0 Å². The largest absolute Gasteiger partial charge is 0.496 e. The maximum atomic E-state index is 12.6. The lowest BCUT2D eigenvalue weighted by atomic mass is 10.1. The second kappa shape index (κ2) is 9.50.